The first-order valence-corrected chi connectivity index (χ1v) is 35.3. The van der Waals surface area contributed by atoms with Gasteiger partial charge in [0.05, 0.1) is 14.2 Å². The molecule has 1 rings (SSSR count). The van der Waals surface area contributed by atoms with Crippen LogP contribution in [0.5, 0.6) is 0 Å². The van der Waals surface area contributed by atoms with Crippen molar-refractivity contribution in [3.8, 4) is 0 Å². The molecule has 0 saturated carbocycles. The number of hydrogen-bond donors (Lipinski definition) is 0. The van der Waals surface area contributed by atoms with E-state index in [9.17, 15) is 0 Å². The molecule has 0 aromatic carbocycles. The summed E-state index contributed by atoms with van der Waals surface area (Å²) in [7, 11) is -8.60. The van der Waals surface area contributed by atoms with Gasteiger partial charge in [0.15, 0.2) is 0 Å². The van der Waals surface area contributed by atoms with Crippen molar-refractivity contribution >= 4 is 84.2 Å². The minimum Gasteiger partial charge on any atom is -0.151 e. The van der Waals surface area contributed by atoms with Gasteiger partial charge in [0.2, 0.25) is 0 Å². The Morgan fingerprint density at radius 2 is 0.500 bits per heavy atom. The van der Waals surface area contributed by atoms with Crippen LogP contribution < -0.4 is 0 Å². The second kappa shape index (κ2) is 7.48. The summed E-state index contributed by atoms with van der Waals surface area (Å²) < 4.78 is 0. The maximum Gasteiger partial charge on any atom is 0.257 e. The maximum atomic E-state index is 8.02. The fraction of sp³-hybridized carbons (Fsp3) is 1.00. The van der Waals surface area contributed by atoms with Crippen LogP contribution in [0.2, 0.25) is 46.3 Å². The molecule has 0 radical (unpaired) electrons. The Kier molecular flexibility index (Phi) is 7.61. The normalized spacial score (nSPS) is 27.6. The van der Waals surface area contributed by atoms with Crippen LogP contribution >= 0.6 is 44.3 Å². The molecule has 1 aliphatic rings. The van der Waals surface area contributed by atoms with Crippen LogP contribution in [-0.2, 0) is 0 Å². The minimum absolute atomic E-state index is 0.0688. The summed E-state index contributed by atoms with van der Waals surface area (Å²) in [6.45, 7) is 39.9. The van der Waals surface area contributed by atoms with Gasteiger partial charge in [-0.1, -0.05) is 109 Å². The first-order chi connectivity index (χ1) is 12.5. The van der Waals surface area contributed by atoms with E-state index in [1.54, 1.807) is 0 Å². The van der Waals surface area contributed by atoms with E-state index in [4.69, 9.17) is 44.3 Å². The molecule has 0 aromatic rings. The van der Waals surface area contributed by atoms with Crippen molar-refractivity contribution in [2.24, 2.45) is 0 Å². The molecule has 10 heteroatoms. The number of halogens is 4. The molecule has 0 N–H and O–H groups in total. The molecule has 180 valence electrons. The van der Waals surface area contributed by atoms with Crippen molar-refractivity contribution in [1.29, 1.82) is 0 Å². The predicted octanol–water partition coefficient (Wildman–Crippen LogP) is 9.82. The topological polar surface area (TPSA) is 0 Å². The average molecular weight is 599 g/mol. The fourth-order valence-electron chi connectivity index (χ4n) is 10.1. The third-order valence-corrected chi connectivity index (χ3v) is 173. The third kappa shape index (κ3) is 3.09. The molecule has 1 fully saturated rings. The van der Waals surface area contributed by atoms with Gasteiger partial charge in [-0.05, 0) is 20.2 Å². The van der Waals surface area contributed by atoms with E-state index in [1.807, 2.05) is 0 Å². The van der Waals surface area contributed by atoms with Crippen LogP contribution in [0.15, 0.2) is 0 Å². The molecule has 1 aliphatic heterocycles. The minimum atomic E-state index is -3.04. The predicted molar refractivity (Wildman–Crippen MR) is 160 cm³/mol. The standard InChI is InChI=1S/C20H48Cl4Si6/c1-17(2,3)27(18(4,5)6)25(13,14)26(15,16)28(19(7,8)9,20(10,11)12)30(23,24)29(27,21)22/h1-16H3. The summed E-state index contributed by atoms with van der Waals surface area (Å²) in [5.41, 5.74) is -6.07. The lowest BCUT2D eigenvalue weighted by Crippen LogP contribution is -3.05. The second-order valence-electron chi connectivity index (χ2n) is 14.9. The largest absolute Gasteiger partial charge is 0.257 e. The summed E-state index contributed by atoms with van der Waals surface area (Å²) >= 11 is 32.1. The van der Waals surface area contributed by atoms with Gasteiger partial charge in [0, 0.05) is 14.2 Å². The SMILES string of the molecule is CC(C)(C)[Si]1(C(C)(C)C)[Si](C)(C)[Si](C)(C)[Si](C(C)(C)C)(C(C)(C)C)[Si](Cl)(Cl)[Si]1(Cl)Cl. The molecular formula is C20H48Cl4Si6. The zero-order valence-electron chi connectivity index (χ0n) is 22.5. The van der Waals surface area contributed by atoms with E-state index in [-0.39, 0.29) is 20.2 Å². The molecule has 0 aliphatic carbocycles. The second-order valence-corrected chi connectivity index (χ2v) is 90.3. The Morgan fingerprint density at radius 3 is 0.600 bits per heavy atom. The third-order valence-electron chi connectivity index (χ3n) is 9.27. The van der Waals surface area contributed by atoms with Gasteiger partial charge < -0.3 is 0 Å². The molecule has 0 nitrogen and oxygen atoms in total. The molecule has 0 atom stereocenters. The monoisotopic (exact) mass is 596 g/mol. The molecular weight excluding hydrogens is 551 g/mol. The van der Waals surface area contributed by atoms with Gasteiger partial charge in [-0.2, -0.15) is 44.3 Å². The quantitative estimate of drug-likeness (QED) is 0.192. The van der Waals surface area contributed by atoms with E-state index in [2.05, 4.69) is 109 Å². The van der Waals surface area contributed by atoms with Gasteiger partial charge >= 0.3 is 0 Å². The van der Waals surface area contributed by atoms with E-state index in [0.717, 1.165) is 0 Å². The van der Waals surface area contributed by atoms with Gasteiger partial charge in [-0.3, -0.25) is 0 Å². The molecule has 0 unspecified atom stereocenters. The highest BCUT2D eigenvalue weighted by atomic mass is 35.8. The Morgan fingerprint density at radius 1 is 0.367 bits per heavy atom. The molecule has 0 aromatic heterocycles. The first kappa shape index (κ1) is 30.5. The van der Waals surface area contributed by atoms with Crippen LogP contribution in [0, 0.1) is 0 Å². The highest BCUT2D eigenvalue weighted by molar-refractivity contribution is 8.32. The summed E-state index contributed by atoms with van der Waals surface area (Å²) in [6, 6.07) is 0. The Bertz CT molecular complexity index is 568. The number of hydrogen-bond acceptors (Lipinski definition) is 0. The molecule has 30 heavy (non-hydrogen) atoms. The lowest BCUT2D eigenvalue weighted by molar-refractivity contribution is 0.642. The van der Waals surface area contributed by atoms with Crippen LogP contribution in [0.25, 0.3) is 0 Å². The molecule has 0 amide bonds. The van der Waals surface area contributed by atoms with E-state index in [0.29, 0.717) is 0 Å². The molecule has 0 spiro atoms. The van der Waals surface area contributed by atoms with Gasteiger partial charge in [0.1, 0.15) is 0 Å². The van der Waals surface area contributed by atoms with Crippen molar-refractivity contribution in [3.05, 3.63) is 0 Å². The molecule has 0 bridgehead atoms. The smallest absolute Gasteiger partial charge is 0.151 e. The molecule has 1 heterocycles. The summed E-state index contributed by atoms with van der Waals surface area (Å²) in [5, 5.41) is 0.275. The van der Waals surface area contributed by atoms with Gasteiger partial charge in [-0.15, -0.1) is 0 Å². The Balaban J connectivity index is 4.59. The average Bonchev–Trinajstić information content (AvgIpc) is 2.27. The zero-order valence-corrected chi connectivity index (χ0v) is 31.5. The first-order valence-electron chi connectivity index (χ1n) is 11.3. The van der Waals surface area contributed by atoms with Gasteiger partial charge in [-0.25, -0.2) is 0 Å². The summed E-state index contributed by atoms with van der Waals surface area (Å²) in [5.74, 6) is 0. The number of rotatable bonds is 0. The van der Waals surface area contributed by atoms with Crippen molar-refractivity contribution in [2.45, 2.75) is 129 Å². The highest BCUT2D eigenvalue weighted by Crippen LogP contribution is 2.75. The van der Waals surface area contributed by atoms with E-state index >= 15 is 0 Å². The van der Waals surface area contributed by atoms with E-state index < -0.39 is 39.9 Å². The van der Waals surface area contributed by atoms with E-state index in [1.165, 1.54) is 0 Å². The van der Waals surface area contributed by atoms with Crippen LogP contribution in [0.3, 0.4) is 0 Å². The highest BCUT2D eigenvalue weighted by Gasteiger charge is 2.94. The van der Waals surface area contributed by atoms with Crippen molar-refractivity contribution in [3.63, 3.8) is 0 Å². The van der Waals surface area contributed by atoms with Gasteiger partial charge in [0.25, 0.3) is 11.5 Å². The molecule has 1 saturated heterocycles. The van der Waals surface area contributed by atoms with Crippen molar-refractivity contribution in [2.75, 3.05) is 0 Å². The van der Waals surface area contributed by atoms with Crippen LogP contribution in [0.4, 0.5) is 0 Å². The van der Waals surface area contributed by atoms with Crippen LogP contribution in [-0.4, -0.2) is 39.9 Å². The lowest BCUT2D eigenvalue weighted by Gasteiger charge is -2.80. The Labute approximate surface area is 212 Å². The van der Waals surface area contributed by atoms with Crippen molar-refractivity contribution < 1.29 is 0 Å². The zero-order chi connectivity index (χ0) is 25.0. The summed E-state index contributed by atoms with van der Waals surface area (Å²) in [4.78, 5) is 0. The summed E-state index contributed by atoms with van der Waals surface area (Å²) in [6.07, 6.45) is 0. The maximum absolute atomic E-state index is 8.02. The fourth-order valence-corrected chi connectivity index (χ4v) is 317. The van der Waals surface area contributed by atoms with Crippen LogP contribution in [0.1, 0.15) is 83.1 Å². The lowest BCUT2D eigenvalue weighted by atomic mass is 10.2. The van der Waals surface area contributed by atoms with Crippen molar-refractivity contribution in [1.82, 2.24) is 0 Å². The Hall–Kier alpha value is 2.46.